The molecule has 0 aliphatic carbocycles. The lowest BCUT2D eigenvalue weighted by molar-refractivity contribution is -0.191. The zero-order valence-electron chi connectivity index (χ0n) is 5.63. The fourth-order valence-corrected chi connectivity index (χ4v) is 0.219. The van der Waals surface area contributed by atoms with E-state index in [9.17, 15) is 4.79 Å². The van der Waals surface area contributed by atoms with Crippen molar-refractivity contribution in [1.29, 1.82) is 0 Å². The van der Waals surface area contributed by atoms with Gasteiger partial charge in [0.1, 0.15) is 0 Å². The normalized spacial score (nSPS) is 17.0. The Balaban J connectivity index is 3.84. The third-order valence-electron chi connectivity index (χ3n) is 1.15. The van der Waals surface area contributed by atoms with Gasteiger partial charge in [0.25, 0.3) is 6.47 Å². The predicted octanol–water partition coefficient (Wildman–Crippen LogP) is 0.338. The number of hydrogen-bond acceptors (Lipinski definition) is 3. The Morgan fingerprint density at radius 2 is 2.22 bits per heavy atom. The third kappa shape index (κ3) is 2.46. The minimum atomic E-state index is -1.57. The summed E-state index contributed by atoms with van der Waals surface area (Å²) in [5.74, 6) is -1.76. The molecule has 0 saturated carbocycles. The highest BCUT2D eigenvalue weighted by Crippen LogP contribution is 2.14. The van der Waals surface area contributed by atoms with E-state index in [0.717, 1.165) is 0 Å². The van der Waals surface area contributed by atoms with Crippen LogP contribution in [0.1, 0.15) is 13.8 Å². The quantitative estimate of drug-likeness (QED) is 0.443. The maximum atomic E-state index is 9.70. The second-order valence-electron chi connectivity index (χ2n) is 2.21. The fourth-order valence-electron chi connectivity index (χ4n) is 0.219. The van der Waals surface area contributed by atoms with E-state index in [-0.39, 0.29) is 12.4 Å². The molecule has 9 heavy (non-hydrogen) atoms. The van der Waals surface area contributed by atoms with Crippen molar-refractivity contribution in [1.82, 2.24) is 0 Å². The zero-order valence-corrected chi connectivity index (χ0v) is 5.63. The summed E-state index contributed by atoms with van der Waals surface area (Å²) in [5, 5.41) is 9.03. The van der Waals surface area contributed by atoms with Crippen molar-refractivity contribution < 1.29 is 14.6 Å². The first-order chi connectivity index (χ1) is 4.00. The second-order valence-corrected chi connectivity index (χ2v) is 2.21. The van der Waals surface area contributed by atoms with Crippen LogP contribution < -0.4 is 0 Å². The van der Waals surface area contributed by atoms with E-state index in [2.05, 4.69) is 11.7 Å². The SMILES string of the molecule is [CH2]C(O)(OC=O)C(C)C. The number of rotatable bonds is 3. The Hall–Kier alpha value is -0.570. The largest absolute Gasteiger partial charge is 0.435 e. The van der Waals surface area contributed by atoms with Crippen molar-refractivity contribution in [3.8, 4) is 0 Å². The van der Waals surface area contributed by atoms with Crippen molar-refractivity contribution in [2.75, 3.05) is 0 Å². The molecular formula is C6H11O3. The number of hydrogen-bond donors (Lipinski definition) is 1. The Kier molecular flexibility index (Phi) is 2.65. The minimum absolute atomic E-state index is 0.188. The monoisotopic (exact) mass is 131 g/mol. The molecule has 0 rings (SSSR count). The molecule has 0 heterocycles. The average Bonchev–Trinajstić information content (AvgIpc) is 1.65. The first kappa shape index (κ1) is 8.43. The van der Waals surface area contributed by atoms with Gasteiger partial charge >= 0.3 is 0 Å². The lowest BCUT2D eigenvalue weighted by Gasteiger charge is -2.24. The minimum Gasteiger partial charge on any atom is -0.435 e. The van der Waals surface area contributed by atoms with Crippen molar-refractivity contribution in [3.05, 3.63) is 6.92 Å². The summed E-state index contributed by atoms with van der Waals surface area (Å²) in [7, 11) is 0. The van der Waals surface area contributed by atoms with Crippen molar-refractivity contribution in [2.24, 2.45) is 5.92 Å². The van der Waals surface area contributed by atoms with E-state index >= 15 is 0 Å². The summed E-state index contributed by atoms with van der Waals surface area (Å²) < 4.78 is 4.25. The molecular weight excluding hydrogens is 120 g/mol. The Labute approximate surface area is 54.6 Å². The van der Waals surface area contributed by atoms with Crippen LogP contribution in [0.25, 0.3) is 0 Å². The van der Waals surface area contributed by atoms with E-state index in [4.69, 9.17) is 5.11 Å². The van der Waals surface area contributed by atoms with E-state index in [1.165, 1.54) is 0 Å². The van der Waals surface area contributed by atoms with E-state index in [1.807, 2.05) is 0 Å². The fraction of sp³-hybridized carbons (Fsp3) is 0.667. The Morgan fingerprint density at radius 1 is 1.78 bits per heavy atom. The van der Waals surface area contributed by atoms with Gasteiger partial charge in [0.2, 0.25) is 5.79 Å². The summed E-state index contributed by atoms with van der Waals surface area (Å²) >= 11 is 0. The van der Waals surface area contributed by atoms with Crippen molar-refractivity contribution in [2.45, 2.75) is 19.6 Å². The predicted molar refractivity (Wildman–Crippen MR) is 32.3 cm³/mol. The highest BCUT2D eigenvalue weighted by atomic mass is 16.6. The van der Waals surface area contributed by atoms with Gasteiger partial charge in [-0.15, -0.1) is 0 Å². The first-order valence-electron chi connectivity index (χ1n) is 2.70. The van der Waals surface area contributed by atoms with Crippen LogP contribution in [0.15, 0.2) is 0 Å². The standard InChI is InChI=1S/C6H11O3/c1-5(2)6(3,8)9-4-7/h4-5,8H,3H2,1-2H3. The molecule has 0 aromatic carbocycles. The number of carbonyl (C=O) groups is 1. The molecule has 0 aromatic heterocycles. The van der Waals surface area contributed by atoms with E-state index < -0.39 is 5.79 Å². The lowest BCUT2D eigenvalue weighted by Crippen LogP contribution is -2.34. The van der Waals surface area contributed by atoms with Crippen LogP contribution in [-0.2, 0) is 9.53 Å². The van der Waals surface area contributed by atoms with Gasteiger partial charge in [-0.25, -0.2) is 0 Å². The highest BCUT2D eigenvalue weighted by molar-refractivity contribution is 5.38. The third-order valence-corrected chi connectivity index (χ3v) is 1.15. The molecule has 0 aliphatic rings. The van der Waals surface area contributed by atoms with Gasteiger partial charge in [-0.05, 0) is 0 Å². The van der Waals surface area contributed by atoms with Gasteiger partial charge in [0, 0.05) is 12.8 Å². The Morgan fingerprint density at radius 3 is 2.33 bits per heavy atom. The summed E-state index contributed by atoms with van der Waals surface area (Å²) in [6.45, 7) is 6.86. The zero-order chi connectivity index (χ0) is 7.49. The Bertz CT molecular complexity index is 96.5. The number of aliphatic hydroxyl groups is 1. The lowest BCUT2D eigenvalue weighted by atomic mass is 10.1. The van der Waals surface area contributed by atoms with Crippen LogP contribution in [0.4, 0.5) is 0 Å². The molecule has 53 valence electrons. The molecule has 1 unspecified atom stereocenters. The molecule has 0 spiro atoms. The molecule has 3 nitrogen and oxygen atoms in total. The van der Waals surface area contributed by atoms with Crippen LogP contribution in [0, 0.1) is 12.8 Å². The molecule has 0 bridgehead atoms. The topological polar surface area (TPSA) is 46.5 Å². The van der Waals surface area contributed by atoms with Crippen LogP contribution in [0.2, 0.25) is 0 Å². The average molecular weight is 131 g/mol. The molecule has 0 saturated heterocycles. The van der Waals surface area contributed by atoms with Crippen molar-refractivity contribution >= 4 is 6.47 Å². The van der Waals surface area contributed by atoms with E-state index in [1.54, 1.807) is 13.8 Å². The van der Waals surface area contributed by atoms with E-state index in [0.29, 0.717) is 0 Å². The van der Waals surface area contributed by atoms with Crippen LogP contribution in [0.3, 0.4) is 0 Å². The van der Waals surface area contributed by atoms with Crippen LogP contribution in [0.5, 0.6) is 0 Å². The summed E-state index contributed by atoms with van der Waals surface area (Å²) in [6.07, 6.45) is 0. The molecule has 0 fully saturated rings. The molecule has 1 N–H and O–H groups in total. The van der Waals surface area contributed by atoms with Crippen LogP contribution >= 0.6 is 0 Å². The molecule has 0 amide bonds. The second kappa shape index (κ2) is 2.82. The first-order valence-corrected chi connectivity index (χ1v) is 2.70. The van der Waals surface area contributed by atoms with Gasteiger partial charge in [0.05, 0.1) is 0 Å². The highest BCUT2D eigenvalue weighted by Gasteiger charge is 2.25. The number of carbonyl (C=O) groups excluding carboxylic acids is 1. The molecule has 1 atom stereocenters. The van der Waals surface area contributed by atoms with Crippen LogP contribution in [-0.4, -0.2) is 17.4 Å². The van der Waals surface area contributed by atoms with Gasteiger partial charge < -0.3 is 9.84 Å². The molecule has 1 radical (unpaired) electrons. The molecule has 3 heteroatoms. The molecule has 0 aromatic rings. The maximum Gasteiger partial charge on any atom is 0.295 e. The summed E-state index contributed by atoms with van der Waals surface area (Å²) in [4.78, 5) is 9.70. The molecule has 0 aliphatic heterocycles. The van der Waals surface area contributed by atoms with Gasteiger partial charge in [-0.3, -0.25) is 4.79 Å². The smallest absolute Gasteiger partial charge is 0.295 e. The van der Waals surface area contributed by atoms with Gasteiger partial charge in [0.15, 0.2) is 0 Å². The summed E-state index contributed by atoms with van der Waals surface area (Å²) in [5.41, 5.74) is 0. The van der Waals surface area contributed by atoms with Gasteiger partial charge in [-0.2, -0.15) is 0 Å². The maximum absolute atomic E-state index is 9.70. The van der Waals surface area contributed by atoms with Gasteiger partial charge in [-0.1, -0.05) is 13.8 Å². The number of ether oxygens (including phenoxy) is 1. The summed E-state index contributed by atoms with van der Waals surface area (Å²) in [6, 6.07) is 0. The van der Waals surface area contributed by atoms with Crippen molar-refractivity contribution in [3.63, 3.8) is 0 Å².